The molecular weight excluding hydrogens is 312 g/mol. The molecule has 0 saturated carbocycles. The van der Waals surface area contributed by atoms with Crippen LogP contribution in [0.1, 0.15) is 11.4 Å². The minimum atomic E-state index is -4.37. The zero-order chi connectivity index (χ0) is 10.3. The van der Waals surface area contributed by atoms with Crippen LogP contribution in [0.15, 0.2) is 0 Å². The lowest BCUT2D eigenvalue weighted by molar-refractivity contribution is -0.142. The van der Waals surface area contributed by atoms with Gasteiger partial charge in [0.25, 0.3) is 0 Å². The quantitative estimate of drug-likeness (QED) is 0.685. The Kier molecular flexibility index (Phi) is 2.46. The number of rotatable bonds is 0. The molecule has 2 heterocycles. The number of halogens is 4. The third-order valence-corrected chi connectivity index (χ3v) is 3.08. The average molecular weight is 318 g/mol. The summed E-state index contributed by atoms with van der Waals surface area (Å²) in [6, 6.07) is 0. The molecule has 0 N–H and O–H groups in total. The lowest BCUT2D eigenvalue weighted by Gasteiger charge is -2.13. The van der Waals surface area contributed by atoms with Gasteiger partial charge >= 0.3 is 6.18 Å². The van der Waals surface area contributed by atoms with E-state index in [9.17, 15) is 13.2 Å². The molecule has 0 bridgehead atoms. The normalized spacial score (nSPS) is 16.9. The third-order valence-electron chi connectivity index (χ3n) is 1.95. The van der Waals surface area contributed by atoms with Crippen LogP contribution in [0.5, 0.6) is 0 Å². The predicted octanol–water partition coefficient (Wildman–Crippen LogP) is 2.04. The Hall–Kier alpha value is -0.310. The summed E-state index contributed by atoms with van der Waals surface area (Å²) in [5.74, 6) is 0. The number of ether oxygens (including phenoxy) is 1. The smallest absolute Gasteiger partial charge is 0.373 e. The monoisotopic (exact) mass is 318 g/mol. The van der Waals surface area contributed by atoms with E-state index in [2.05, 4.69) is 5.10 Å². The Morgan fingerprint density at radius 2 is 2.14 bits per heavy atom. The van der Waals surface area contributed by atoms with Gasteiger partial charge in [0.2, 0.25) is 0 Å². The van der Waals surface area contributed by atoms with Crippen LogP contribution in [-0.2, 0) is 24.1 Å². The van der Waals surface area contributed by atoms with E-state index in [0.717, 1.165) is 0 Å². The largest absolute Gasteiger partial charge is 0.436 e. The maximum Gasteiger partial charge on any atom is 0.436 e. The summed E-state index contributed by atoms with van der Waals surface area (Å²) in [6.45, 7) is 1.02. The van der Waals surface area contributed by atoms with Gasteiger partial charge in [-0.3, -0.25) is 4.68 Å². The van der Waals surface area contributed by atoms with Gasteiger partial charge in [-0.15, -0.1) is 0 Å². The van der Waals surface area contributed by atoms with Crippen LogP contribution >= 0.6 is 22.6 Å². The maximum atomic E-state index is 12.4. The van der Waals surface area contributed by atoms with Crippen LogP contribution in [0, 0.1) is 3.57 Å². The van der Waals surface area contributed by atoms with Crippen molar-refractivity contribution in [1.82, 2.24) is 9.78 Å². The summed E-state index contributed by atoms with van der Waals surface area (Å²) >= 11 is 1.66. The first-order chi connectivity index (χ1) is 6.50. The molecule has 0 saturated heterocycles. The molecule has 0 amide bonds. The van der Waals surface area contributed by atoms with Crippen LogP contribution in [0.25, 0.3) is 0 Å². The fraction of sp³-hybridized carbons (Fsp3) is 0.571. The van der Waals surface area contributed by atoms with Crippen molar-refractivity contribution in [3.05, 3.63) is 15.0 Å². The van der Waals surface area contributed by atoms with E-state index in [1.54, 1.807) is 22.6 Å². The lowest BCUT2D eigenvalue weighted by Crippen LogP contribution is -2.17. The Morgan fingerprint density at radius 3 is 2.71 bits per heavy atom. The second-order valence-electron chi connectivity index (χ2n) is 2.88. The van der Waals surface area contributed by atoms with E-state index in [-0.39, 0.29) is 10.2 Å². The first-order valence-electron chi connectivity index (χ1n) is 3.90. The summed E-state index contributed by atoms with van der Waals surface area (Å²) in [7, 11) is 0. The summed E-state index contributed by atoms with van der Waals surface area (Å²) in [6.07, 6.45) is -4.37. The fourth-order valence-electron chi connectivity index (χ4n) is 1.30. The predicted molar refractivity (Wildman–Crippen MR) is 49.6 cm³/mol. The maximum absolute atomic E-state index is 12.4. The van der Waals surface area contributed by atoms with E-state index in [4.69, 9.17) is 4.74 Å². The van der Waals surface area contributed by atoms with Gasteiger partial charge in [0.05, 0.1) is 29.0 Å². The van der Waals surface area contributed by atoms with Gasteiger partial charge in [-0.2, -0.15) is 18.3 Å². The van der Waals surface area contributed by atoms with Gasteiger partial charge < -0.3 is 4.74 Å². The zero-order valence-electron chi connectivity index (χ0n) is 6.94. The molecule has 2 rings (SSSR count). The summed E-state index contributed by atoms with van der Waals surface area (Å²) in [4.78, 5) is 0. The second-order valence-corrected chi connectivity index (χ2v) is 3.96. The second kappa shape index (κ2) is 3.37. The van der Waals surface area contributed by atoms with Crippen LogP contribution in [0.2, 0.25) is 0 Å². The van der Waals surface area contributed by atoms with Crippen LogP contribution < -0.4 is 0 Å². The Morgan fingerprint density at radius 1 is 1.43 bits per heavy atom. The summed E-state index contributed by atoms with van der Waals surface area (Å²) in [5, 5.41) is 3.53. The molecule has 3 nitrogen and oxygen atoms in total. The molecule has 0 unspecified atom stereocenters. The molecule has 0 aliphatic carbocycles. The molecule has 1 aliphatic heterocycles. The van der Waals surface area contributed by atoms with Gasteiger partial charge in [-0.1, -0.05) is 0 Å². The molecule has 1 aromatic heterocycles. The minimum Gasteiger partial charge on any atom is -0.373 e. The van der Waals surface area contributed by atoms with Gasteiger partial charge in [0.1, 0.15) is 0 Å². The van der Waals surface area contributed by atoms with Crippen molar-refractivity contribution in [2.75, 3.05) is 6.61 Å². The number of hydrogen-bond donors (Lipinski definition) is 0. The number of fused-ring (bicyclic) bond motifs is 1. The van der Waals surface area contributed by atoms with Crippen molar-refractivity contribution in [1.29, 1.82) is 0 Å². The van der Waals surface area contributed by atoms with Crippen LogP contribution in [0.3, 0.4) is 0 Å². The molecule has 1 aromatic rings. The van der Waals surface area contributed by atoms with E-state index >= 15 is 0 Å². The Labute approximate surface area is 91.4 Å². The number of alkyl halides is 3. The van der Waals surface area contributed by atoms with Gasteiger partial charge in [0, 0.05) is 0 Å². The molecule has 0 aromatic carbocycles. The number of hydrogen-bond acceptors (Lipinski definition) is 2. The van der Waals surface area contributed by atoms with Crippen molar-refractivity contribution >= 4 is 22.6 Å². The minimum absolute atomic E-state index is 0.148. The first kappa shape index (κ1) is 10.2. The topological polar surface area (TPSA) is 27.1 Å². The fourth-order valence-corrected chi connectivity index (χ4v) is 2.15. The first-order valence-corrected chi connectivity index (χ1v) is 4.98. The molecule has 0 atom stereocenters. The Bertz CT molecular complexity index is 361. The zero-order valence-corrected chi connectivity index (χ0v) is 9.09. The average Bonchev–Trinajstić information content (AvgIpc) is 2.44. The van der Waals surface area contributed by atoms with Crippen molar-refractivity contribution in [3.63, 3.8) is 0 Å². The highest BCUT2D eigenvalue weighted by Crippen LogP contribution is 2.34. The molecule has 0 spiro atoms. The molecule has 14 heavy (non-hydrogen) atoms. The van der Waals surface area contributed by atoms with Gasteiger partial charge in [-0.05, 0) is 22.6 Å². The molecule has 7 heteroatoms. The van der Waals surface area contributed by atoms with E-state index in [0.29, 0.717) is 18.8 Å². The number of nitrogens with zero attached hydrogens (tertiary/aromatic N) is 2. The highest BCUT2D eigenvalue weighted by Gasteiger charge is 2.38. The van der Waals surface area contributed by atoms with Crippen molar-refractivity contribution < 1.29 is 17.9 Å². The van der Waals surface area contributed by atoms with Crippen LogP contribution in [-0.4, -0.2) is 16.4 Å². The van der Waals surface area contributed by atoms with Crippen LogP contribution in [0.4, 0.5) is 13.2 Å². The Balaban J connectivity index is 2.49. The number of aromatic nitrogens is 2. The van der Waals surface area contributed by atoms with Crippen molar-refractivity contribution in [3.8, 4) is 0 Å². The lowest BCUT2D eigenvalue weighted by atomic mass is 10.3. The third kappa shape index (κ3) is 1.62. The molecule has 78 valence electrons. The SMILES string of the molecule is FC(F)(F)c1nn2c(c1I)COCC2. The molecule has 1 aliphatic rings. The molecular formula is C7H6F3IN2O. The van der Waals surface area contributed by atoms with E-state index in [1.165, 1.54) is 4.68 Å². The highest BCUT2D eigenvalue weighted by molar-refractivity contribution is 14.1. The highest BCUT2D eigenvalue weighted by atomic mass is 127. The molecule has 0 radical (unpaired) electrons. The van der Waals surface area contributed by atoms with Gasteiger partial charge in [0.15, 0.2) is 5.69 Å². The van der Waals surface area contributed by atoms with Crippen molar-refractivity contribution in [2.24, 2.45) is 0 Å². The summed E-state index contributed by atoms with van der Waals surface area (Å²) in [5.41, 5.74) is -0.289. The van der Waals surface area contributed by atoms with E-state index < -0.39 is 11.9 Å². The summed E-state index contributed by atoms with van der Waals surface area (Å²) < 4.78 is 43.8. The van der Waals surface area contributed by atoms with E-state index in [1.807, 2.05) is 0 Å². The standard InChI is InChI=1S/C7H6F3IN2O/c8-7(9,10)6-5(11)4-3-14-2-1-13(4)12-6/h1-3H2. The molecule has 0 fully saturated rings. The van der Waals surface area contributed by atoms with Crippen molar-refractivity contribution in [2.45, 2.75) is 19.3 Å². The van der Waals surface area contributed by atoms with Gasteiger partial charge in [-0.25, -0.2) is 0 Å².